The van der Waals surface area contributed by atoms with Gasteiger partial charge in [-0.1, -0.05) is 84.7 Å². The summed E-state index contributed by atoms with van der Waals surface area (Å²) in [6.45, 7) is 9.46. The molecule has 1 fully saturated rings. The van der Waals surface area contributed by atoms with Gasteiger partial charge < -0.3 is 0 Å². The fourth-order valence-electron chi connectivity index (χ4n) is 7.52. The minimum absolute atomic E-state index is 0.671. The molecule has 3 aliphatic carbocycles. The molecule has 0 nitrogen and oxygen atoms in total. The molecular weight excluding hydrogens is 384 g/mol. The molecule has 0 amide bonds. The third-order valence-electron chi connectivity index (χ3n) is 9.34. The minimum atomic E-state index is 0.671. The summed E-state index contributed by atoms with van der Waals surface area (Å²) >= 11 is 0. The van der Waals surface area contributed by atoms with Crippen molar-refractivity contribution in [2.24, 2.45) is 23.7 Å². The number of aryl methyl sites for hydroxylation is 2. The van der Waals surface area contributed by atoms with Crippen LogP contribution in [0.4, 0.5) is 0 Å². The first-order valence-corrected chi connectivity index (χ1v) is 13.4. The van der Waals surface area contributed by atoms with E-state index in [0.29, 0.717) is 5.92 Å². The van der Waals surface area contributed by atoms with Crippen molar-refractivity contribution < 1.29 is 0 Å². The van der Waals surface area contributed by atoms with Gasteiger partial charge in [0.2, 0.25) is 0 Å². The van der Waals surface area contributed by atoms with Crippen molar-refractivity contribution in [2.75, 3.05) is 0 Å². The van der Waals surface area contributed by atoms with E-state index in [2.05, 4.69) is 76.2 Å². The molecule has 0 saturated heterocycles. The van der Waals surface area contributed by atoms with Gasteiger partial charge in [0.15, 0.2) is 0 Å². The van der Waals surface area contributed by atoms with Gasteiger partial charge in [0, 0.05) is 5.92 Å². The van der Waals surface area contributed by atoms with Crippen LogP contribution in [0.1, 0.15) is 99.3 Å². The predicted octanol–water partition coefficient (Wildman–Crippen LogP) is 9.13. The first kappa shape index (κ1) is 22.0. The zero-order valence-corrected chi connectivity index (χ0v) is 20.7. The molecule has 2 aromatic rings. The Balaban J connectivity index is 1.40. The number of hydrogen-bond donors (Lipinski definition) is 0. The van der Waals surface area contributed by atoms with Crippen LogP contribution in [-0.4, -0.2) is 0 Å². The van der Waals surface area contributed by atoms with Crippen LogP contribution < -0.4 is 0 Å². The van der Waals surface area contributed by atoms with Gasteiger partial charge in [-0.15, -0.1) is 0 Å². The zero-order valence-electron chi connectivity index (χ0n) is 20.7. The third-order valence-corrected chi connectivity index (χ3v) is 9.34. The fraction of sp³-hybridized carbons (Fsp3) is 0.562. The van der Waals surface area contributed by atoms with Crippen LogP contribution in [0.15, 0.2) is 59.7 Å². The van der Waals surface area contributed by atoms with Gasteiger partial charge in [0.1, 0.15) is 0 Å². The molecule has 2 aromatic carbocycles. The van der Waals surface area contributed by atoms with E-state index in [9.17, 15) is 0 Å². The molecule has 4 unspecified atom stereocenters. The Hall–Kier alpha value is -1.82. The van der Waals surface area contributed by atoms with E-state index in [1.54, 1.807) is 11.1 Å². The van der Waals surface area contributed by atoms with Crippen LogP contribution >= 0.6 is 0 Å². The first-order chi connectivity index (χ1) is 15.5. The van der Waals surface area contributed by atoms with Crippen LogP contribution in [-0.2, 0) is 0 Å². The van der Waals surface area contributed by atoms with Crippen molar-refractivity contribution in [3.8, 4) is 0 Å². The topological polar surface area (TPSA) is 0 Å². The number of allylic oxidation sites excluding steroid dienone is 2. The highest BCUT2D eigenvalue weighted by molar-refractivity contribution is 5.40. The maximum atomic E-state index is 2.52. The summed E-state index contributed by atoms with van der Waals surface area (Å²) in [6.07, 6.45) is 11.2. The average molecular weight is 427 g/mol. The van der Waals surface area contributed by atoms with Crippen LogP contribution in [0, 0.1) is 37.5 Å². The molecule has 0 bridgehead atoms. The average Bonchev–Trinajstić information content (AvgIpc) is 2.81. The number of benzene rings is 2. The Bertz CT molecular complexity index is 931. The Morgan fingerprint density at radius 1 is 0.531 bits per heavy atom. The van der Waals surface area contributed by atoms with Crippen molar-refractivity contribution in [2.45, 2.75) is 90.9 Å². The summed E-state index contributed by atoms with van der Waals surface area (Å²) in [6, 6.07) is 18.9. The van der Waals surface area contributed by atoms with E-state index < -0.39 is 0 Å². The van der Waals surface area contributed by atoms with E-state index in [-0.39, 0.29) is 0 Å². The molecule has 5 rings (SSSR count). The smallest absolute Gasteiger partial charge is 0.00541 e. The quantitative estimate of drug-likeness (QED) is 0.429. The SMILES string of the molecule is Cc1ccc(C2CCC(C3CCC(C)C4=C3C(c3ccc(C)cc3)CCC4C)CC2)cc1. The molecule has 0 aromatic heterocycles. The predicted molar refractivity (Wildman–Crippen MR) is 137 cm³/mol. The summed E-state index contributed by atoms with van der Waals surface area (Å²) in [5.41, 5.74) is 9.71. The first-order valence-electron chi connectivity index (χ1n) is 13.4. The second kappa shape index (κ2) is 9.20. The maximum Gasteiger partial charge on any atom is 0.00541 e. The lowest BCUT2D eigenvalue weighted by atomic mass is 9.58. The van der Waals surface area contributed by atoms with Crippen LogP contribution in [0.3, 0.4) is 0 Å². The van der Waals surface area contributed by atoms with Crippen molar-refractivity contribution in [3.63, 3.8) is 0 Å². The van der Waals surface area contributed by atoms with Crippen LogP contribution in [0.2, 0.25) is 0 Å². The van der Waals surface area contributed by atoms with Crippen LogP contribution in [0.5, 0.6) is 0 Å². The fourth-order valence-corrected chi connectivity index (χ4v) is 7.52. The molecule has 1 saturated carbocycles. The van der Waals surface area contributed by atoms with Crippen LogP contribution in [0.25, 0.3) is 0 Å². The molecule has 0 spiro atoms. The molecule has 0 heterocycles. The summed E-state index contributed by atoms with van der Waals surface area (Å²) < 4.78 is 0. The molecule has 0 aliphatic heterocycles. The molecular formula is C32H42. The third kappa shape index (κ3) is 4.23. The van der Waals surface area contributed by atoms with E-state index in [0.717, 1.165) is 29.6 Å². The molecule has 170 valence electrons. The minimum Gasteiger partial charge on any atom is -0.0644 e. The highest BCUT2D eigenvalue weighted by Crippen LogP contribution is 2.55. The molecule has 4 atom stereocenters. The normalized spacial score (nSPS) is 33.1. The lowest BCUT2D eigenvalue weighted by Crippen LogP contribution is -2.34. The Labute approximate surface area is 196 Å². The van der Waals surface area contributed by atoms with Gasteiger partial charge in [0.25, 0.3) is 0 Å². The summed E-state index contributed by atoms with van der Waals surface area (Å²) in [4.78, 5) is 0. The van der Waals surface area contributed by atoms with E-state index >= 15 is 0 Å². The van der Waals surface area contributed by atoms with E-state index in [1.165, 1.54) is 62.5 Å². The Morgan fingerprint density at radius 2 is 1.06 bits per heavy atom. The summed E-state index contributed by atoms with van der Waals surface area (Å²) in [7, 11) is 0. The molecule has 0 heteroatoms. The lowest BCUT2D eigenvalue weighted by molar-refractivity contribution is 0.207. The summed E-state index contributed by atoms with van der Waals surface area (Å²) in [5, 5.41) is 0. The van der Waals surface area contributed by atoms with Crippen molar-refractivity contribution in [1.29, 1.82) is 0 Å². The molecule has 3 aliphatic rings. The van der Waals surface area contributed by atoms with Gasteiger partial charge in [-0.25, -0.2) is 0 Å². The van der Waals surface area contributed by atoms with Gasteiger partial charge in [-0.05, 0) is 106 Å². The Kier molecular flexibility index (Phi) is 6.33. The standard InChI is InChI=1S/C32H42/c1-21-5-11-25(12-6-21)26-15-17-28(18-16-26)30-20-10-24(4)31-23(3)9-19-29(32(30)31)27-13-7-22(2)8-14-27/h5-8,11-14,23-24,26,28-30H,9-10,15-20H2,1-4H3. The van der Waals surface area contributed by atoms with Crippen molar-refractivity contribution in [3.05, 3.63) is 81.9 Å². The van der Waals surface area contributed by atoms with E-state index in [1.807, 2.05) is 11.1 Å². The van der Waals surface area contributed by atoms with Gasteiger partial charge in [-0.3, -0.25) is 0 Å². The van der Waals surface area contributed by atoms with E-state index in [4.69, 9.17) is 0 Å². The molecule has 0 N–H and O–H groups in total. The monoisotopic (exact) mass is 426 g/mol. The lowest BCUT2D eigenvalue weighted by Gasteiger charge is -2.47. The van der Waals surface area contributed by atoms with Gasteiger partial charge in [-0.2, -0.15) is 0 Å². The molecule has 32 heavy (non-hydrogen) atoms. The maximum absolute atomic E-state index is 2.52. The van der Waals surface area contributed by atoms with Crippen molar-refractivity contribution >= 4 is 0 Å². The largest absolute Gasteiger partial charge is 0.0644 e. The zero-order chi connectivity index (χ0) is 22.2. The van der Waals surface area contributed by atoms with Gasteiger partial charge >= 0.3 is 0 Å². The van der Waals surface area contributed by atoms with Crippen molar-refractivity contribution in [1.82, 2.24) is 0 Å². The highest BCUT2D eigenvalue weighted by atomic mass is 14.5. The Morgan fingerprint density at radius 3 is 1.66 bits per heavy atom. The second-order valence-corrected chi connectivity index (χ2v) is 11.5. The second-order valence-electron chi connectivity index (χ2n) is 11.5. The number of hydrogen-bond acceptors (Lipinski definition) is 0. The van der Waals surface area contributed by atoms with Gasteiger partial charge in [0.05, 0.1) is 0 Å². The number of rotatable bonds is 3. The molecule has 0 radical (unpaired) electrons. The highest BCUT2D eigenvalue weighted by Gasteiger charge is 2.41. The summed E-state index contributed by atoms with van der Waals surface area (Å²) in [5.74, 6) is 4.74.